The molecule has 6 amide bonds. The van der Waals surface area contributed by atoms with Crippen molar-refractivity contribution >= 4 is 47.0 Å². The number of rotatable bonds is 18. The van der Waals surface area contributed by atoms with Crippen LogP contribution in [0.4, 0.5) is 0 Å². The highest BCUT2D eigenvalue weighted by molar-refractivity contribution is 5.99. The van der Waals surface area contributed by atoms with Crippen LogP contribution < -0.4 is 32.7 Å². The Morgan fingerprint density at radius 1 is 0.539 bits per heavy atom. The zero-order valence-electron chi connectivity index (χ0n) is 45.9. The summed E-state index contributed by atoms with van der Waals surface area (Å²) in [4.78, 5) is 116. The second-order valence-corrected chi connectivity index (χ2v) is 23.9. The minimum absolute atomic E-state index is 0.0396. The highest BCUT2D eigenvalue weighted by Gasteiger charge is 2.48. The number of nitrogens with two attached hydrogens (primary N) is 2. The molecule has 0 aromatic heterocycles. The number of carbonyl (C=O) groups is 8. The first kappa shape index (κ1) is 57.4. The summed E-state index contributed by atoms with van der Waals surface area (Å²) in [6.07, 6.45) is 6.10. The Bertz CT molecular complexity index is 2460. The molecule has 7 rings (SSSR count). The lowest BCUT2D eigenvalue weighted by Gasteiger charge is -2.36. The van der Waals surface area contributed by atoms with E-state index in [1.807, 2.05) is 91.8 Å². The zero-order valence-corrected chi connectivity index (χ0v) is 45.9. The minimum atomic E-state index is -0.921. The van der Waals surface area contributed by atoms with Crippen LogP contribution in [-0.4, -0.2) is 106 Å². The Labute approximate surface area is 449 Å². The van der Waals surface area contributed by atoms with Gasteiger partial charge in [-0.1, -0.05) is 104 Å². The number of nitrogens with one attached hydrogen (secondary N) is 4. The number of hydrogen-bond acceptors (Lipinski definition) is 10. The van der Waals surface area contributed by atoms with Gasteiger partial charge in [-0.15, -0.1) is 0 Å². The van der Waals surface area contributed by atoms with Gasteiger partial charge in [-0.25, -0.2) is 0 Å². The second kappa shape index (κ2) is 24.4. The summed E-state index contributed by atoms with van der Waals surface area (Å²) in [6, 6.07) is 17.2. The number of carbonyl (C=O) groups excluding carboxylic acids is 8. The molecule has 2 aliphatic heterocycles. The number of benzene rings is 3. The Kier molecular flexibility index (Phi) is 18.4. The maximum absolute atomic E-state index is 14.7. The molecule has 2 saturated heterocycles. The minimum Gasteiger partial charge on any atom is -0.347 e. The van der Waals surface area contributed by atoms with Crippen LogP contribution in [0.5, 0.6) is 0 Å². The van der Waals surface area contributed by atoms with Gasteiger partial charge in [0.15, 0.2) is 0 Å². The summed E-state index contributed by atoms with van der Waals surface area (Å²) in [5.74, 6) is -4.27. The van der Waals surface area contributed by atoms with Crippen LogP contribution >= 0.6 is 0 Å². The Morgan fingerprint density at radius 2 is 0.895 bits per heavy atom. The number of fused-ring (bicyclic) bond motifs is 2. The molecule has 10 atom stereocenters. The lowest BCUT2D eigenvalue weighted by atomic mass is 9.76. The van der Waals surface area contributed by atoms with Crippen molar-refractivity contribution in [1.82, 2.24) is 31.1 Å². The van der Waals surface area contributed by atoms with Crippen LogP contribution in [-0.2, 0) is 41.6 Å². The van der Waals surface area contributed by atoms with Crippen LogP contribution in [0.25, 0.3) is 0 Å². The van der Waals surface area contributed by atoms with E-state index in [0.717, 1.165) is 49.7 Å². The maximum atomic E-state index is 14.7. The van der Waals surface area contributed by atoms with E-state index in [2.05, 4.69) is 33.4 Å². The van der Waals surface area contributed by atoms with Gasteiger partial charge in [-0.05, 0) is 122 Å². The fourth-order valence-corrected chi connectivity index (χ4v) is 11.6. The molecule has 0 bridgehead atoms. The third kappa shape index (κ3) is 13.5. The fraction of sp³-hybridized carbons (Fsp3) is 0.567. The normalized spacial score (nSPS) is 23.0. The molecular weight excluding hydrogens is 961 g/mol. The molecule has 3 aromatic rings. The molecule has 2 aliphatic carbocycles. The van der Waals surface area contributed by atoms with Gasteiger partial charge >= 0.3 is 0 Å². The lowest BCUT2D eigenvalue weighted by molar-refractivity contribution is -0.146. The Balaban J connectivity index is 1.06. The highest BCUT2D eigenvalue weighted by Crippen LogP contribution is 2.37. The molecule has 410 valence electrons. The number of nitrogens with zero attached hydrogens (tertiary/aromatic N) is 2. The summed E-state index contributed by atoms with van der Waals surface area (Å²) in [7, 11) is 0. The predicted octanol–water partition coefficient (Wildman–Crippen LogP) is 6.19. The van der Waals surface area contributed by atoms with Gasteiger partial charge in [0.05, 0.1) is 24.2 Å². The van der Waals surface area contributed by atoms with Gasteiger partial charge in [-0.2, -0.15) is 0 Å². The number of aryl methyl sites for hydroxylation is 2. The van der Waals surface area contributed by atoms with E-state index >= 15 is 0 Å². The molecule has 3 aromatic carbocycles. The summed E-state index contributed by atoms with van der Waals surface area (Å²) in [6.45, 7) is 15.1. The predicted molar refractivity (Wildman–Crippen MR) is 291 cm³/mol. The third-order valence-electron chi connectivity index (χ3n) is 16.4. The van der Waals surface area contributed by atoms with Crippen LogP contribution in [0, 0.1) is 22.7 Å². The fourth-order valence-electron chi connectivity index (χ4n) is 11.6. The van der Waals surface area contributed by atoms with Crippen molar-refractivity contribution in [1.29, 1.82) is 0 Å². The first-order chi connectivity index (χ1) is 36.0. The zero-order chi connectivity index (χ0) is 55.2. The topological polar surface area (TPSA) is 243 Å². The van der Waals surface area contributed by atoms with E-state index in [4.69, 9.17) is 11.5 Å². The van der Waals surface area contributed by atoms with Crippen molar-refractivity contribution in [2.45, 2.75) is 181 Å². The van der Waals surface area contributed by atoms with Crippen molar-refractivity contribution in [3.8, 4) is 0 Å². The molecule has 8 N–H and O–H groups in total. The molecule has 0 radical (unpaired) electrons. The largest absolute Gasteiger partial charge is 0.347 e. The van der Waals surface area contributed by atoms with E-state index in [9.17, 15) is 38.4 Å². The second-order valence-electron chi connectivity index (χ2n) is 23.9. The molecule has 2 fully saturated rings. The number of ketones is 2. The maximum Gasteiger partial charge on any atom is 0.251 e. The molecule has 0 unspecified atom stereocenters. The van der Waals surface area contributed by atoms with Crippen molar-refractivity contribution in [3.63, 3.8) is 0 Å². The average Bonchev–Trinajstić information content (AvgIpc) is 4.03. The quantitative estimate of drug-likeness (QED) is 0.0844. The van der Waals surface area contributed by atoms with Crippen LogP contribution in [0.2, 0.25) is 0 Å². The van der Waals surface area contributed by atoms with Crippen LogP contribution in [0.3, 0.4) is 0 Å². The number of hydrogen-bond donors (Lipinski definition) is 6. The van der Waals surface area contributed by atoms with Crippen molar-refractivity contribution in [2.24, 2.45) is 34.1 Å². The molecule has 16 nitrogen and oxygen atoms in total. The smallest absolute Gasteiger partial charge is 0.251 e. The van der Waals surface area contributed by atoms with Gasteiger partial charge in [0.1, 0.15) is 23.7 Å². The van der Waals surface area contributed by atoms with Gasteiger partial charge in [0.2, 0.25) is 23.6 Å². The van der Waals surface area contributed by atoms with Crippen LogP contribution in [0.1, 0.15) is 175 Å². The summed E-state index contributed by atoms with van der Waals surface area (Å²) in [5.41, 5.74) is 15.9. The third-order valence-corrected chi connectivity index (χ3v) is 16.4. The van der Waals surface area contributed by atoms with Gasteiger partial charge in [-0.3, -0.25) is 38.4 Å². The first-order valence-corrected chi connectivity index (χ1v) is 27.6. The van der Waals surface area contributed by atoms with Gasteiger partial charge in [0, 0.05) is 61.0 Å². The molecule has 16 heteroatoms. The van der Waals surface area contributed by atoms with E-state index in [1.165, 1.54) is 45.2 Å². The van der Waals surface area contributed by atoms with E-state index in [-0.39, 0.29) is 97.2 Å². The first-order valence-electron chi connectivity index (χ1n) is 27.6. The van der Waals surface area contributed by atoms with Gasteiger partial charge in [0.25, 0.3) is 11.8 Å². The molecular formula is C60H82N8O8. The van der Waals surface area contributed by atoms with Crippen molar-refractivity contribution < 1.29 is 38.4 Å². The molecule has 2 heterocycles. The standard InChI is InChI=1S/C60H82N8O8/c1-9-45(61)51(69)31-43(59(3,4)5)57(75)67-33-39(29-49(67)55(73)65-47-23-15-19-35-17-11-13-21-41(35)47)63-53(71)37-25-27-38(28-26-37)54(72)64-40-30-50(56(74)66-48-24-16-20-36-18-12-14-22-42(36)48)68(34-40)58(76)44(60(6,7)8)32-52(70)46(62)10-2/h11-14,17-18,21-22,25-28,39-40,43-50H,9-10,15-16,19-20,23-24,29-34,61-62H2,1-8H3,(H,63,71)(H,64,72)(H,65,73)(H,66,74)/t39-,40-,43+,44+,45-,46-,47+,48+,49-,50-/m0/s1. The van der Waals surface area contributed by atoms with Crippen molar-refractivity contribution in [2.75, 3.05) is 13.1 Å². The number of Topliss-reactive ketones (excluding diaryl/α,β-unsaturated/α-hetero) is 2. The summed E-state index contributed by atoms with van der Waals surface area (Å²) in [5, 5.41) is 12.5. The lowest BCUT2D eigenvalue weighted by Crippen LogP contribution is -2.51. The Morgan fingerprint density at radius 3 is 1.24 bits per heavy atom. The average molecular weight is 1040 g/mol. The molecule has 0 saturated carbocycles. The van der Waals surface area contributed by atoms with E-state index in [0.29, 0.717) is 12.8 Å². The SMILES string of the molecule is CC[C@H](N)C(=O)C[C@H](C(=O)N1C[C@@H](NC(=O)c2ccc(C(=O)N[C@H]3C[C@@H](C(=O)N[C@@H]4CCCc5ccccc54)N(C(=O)[C@@H](CC(=O)[C@@H](N)CC)C(C)(C)C)C3)cc2)C[C@H]1C(=O)N[C@@H]1CCCc2ccccc21)C(C)(C)C. The monoisotopic (exact) mass is 1040 g/mol. The molecule has 0 spiro atoms. The van der Waals surface area contributed by atoms with E-state index < -0.39 is 70.7 Å². The van der Waals surface area contributed by atoms with E-state index in [1.54, 1.807) is 0 Å². The Hall–Kier alpha value is -6.26. The highest BCUT2D eigenvalue weighted by atomic mass is 16.2. The summed E-state index contributed by atoms with van der Waals surface area (Å²) >= 11 is 0. The van der Waals surface area contributed by atoms with Crippen molar-refractivity contribution in [3.05, 3.63) is 106 Å². The van der Waals surface area contributed by atoms with Crippen LogP contribution in [0.15, 0.2) is 72.8 Å². The number of likely N-dealkylation sites (tertiary alicyclic amines) is 2. The number of amides is 6. The molecule has 4 aliphatic rings. The van der Waals surface area contributed by atoms with Gasteiger partial charge < -0.3 is 42.5 Å². The summed E-state index contributed by atoms with van der Waals surface area (Å²) < 4.78 is 0. The molecule has 76 heavy (non-hydrogen) atoms.